The molecule has 6 nitrogen and oxygen atoms in total. The number of carbonyl (C=O) groups excluding carboxylic acids is 1. The highest BCUT2D eigenvalue weighted by Gasteiger charge is 2.18. The normalized spacial score (nSPS) is 11.9. The molecule has 0 fully saturated rings. The van der Waals surface area contributed by atoms with Crippen molar-refractivity contribution >= 4 is 39.7 Å². The van der Waals surface area contributed by atoms with Gasteiger partial charge in [-0.1, -0.05) is 29.9 Å². The van der Waals surface area contributed by atoms with E-state index in [4.69, 9.17) is 11.6 Å². The number of anilines is 2. The number of pyridine rings is 1. The molecular formula is C12H14ClN5OS. The molecule has 0 radical (unpaired) electrons. The fraction of sp³-hybridized carbons (Fsp3) is 0.333. The fourth-order valence-electron chi connectivity index (χ4n) is 1.57. The van der Waals surface area contributed by atoms with Crippen molar-refractivity contribution in [3.05, 3.63) is 28.5 Å². The Labute approximate surface area is 125 Å². The van der Waals surface area contributed by atoms with Gasteiger partial charge >= 0.3 is 0 Å². The van der Waals surface area contributed by atoms with Crippen LogP contribution in [0.5, 0.6) is 0 Å². The minimum atomic E-state index is -0.416. The van der Waals surface area contributed by atoms with E-state index in [1.165, 1.54) is 11.3 Å². The molecule has 2 heterocycles. The highest BCUT2D eigenvalue weighted by atomic mass is 35.5. The highest BCUT2D eigenvalue weighted by Crippen LogP contribution is 2.20. The first-order valence-corrected chi connectivity index (χ1v) is 7.27. The summed E-state index contributed by atoms with van der Waals surface area (Å²) in [6.07, 6.45) is 2.20. The SMILES string of the molecule is CCC(Nc1cccnc1Cl)C(=O)Nc1nnc(C)s1. The lowest BCUT2D eigenvalue weighted by Crippen LogP contribution is -2.34. The van der Waals surface area contributed by atoms with E-state index >= 15 is 0 Å². The lowest BCUT2D eigenvalue weighted by atomic mass is 10.2. The van der Waals surface area contributed by atoms with E-state index in [2.05, 4.69) is 25.8 Å². The van der Waals surface area contributed by atoms with E-state index in [9.17, 15) is 4.79 Å². The predicted molar refractivity (Wildman–Crippen MR) is 80.2 cm³/mol. The molecule has 2 rings (SSSR count). The molecule has 2 aromatic heterocycles. The van der Waals surface area contributed by atoms with Crippen LogP contribution < -0.4 is 10.6 Å². The van der Waals surface area contributed by atoms with E-state index in [-0.39, 0.29) is 5.91 Å². The summed E-state index contributed by atoms with van der Waals surface area (Å²) in [4.78, 5) is 16.1. The van der Waals surface area contributed by atoms with Gasteiger partial charge in [0.25, 0.3) is 0 Å². The monoisotopic (exact) mass is 311 g/mol. The molecule has 106 valence electrons. The van der Waals surface area contributed by atoms with Gasteiger partial charge < -0.3 is 5.32 Å². The Morgan fingerprint density at radius 2 is 2.30 bits per heavy atom. The van der Waals surface area contributed by atoms with Crippen LogP contribution in [0.25, 0.3) is 0 Å². The second kappa shape index (κ2) is 6.62. The lowest BCUT2D eigenvalue weighted by Gasteiger charge is -2.17. The quantitative estimate of drug-likeness (QED) is 0.830. The van der Waals surface area contributed by atoms with Crippen LogP contribution in [0.3, 0.4) is 0 Å². The van der Waals surface area contributed by atoms with Crippen LogP contribution in [-0.4, -0.2) is 27.1 Å². The average Bonchev–Trinajstić information content (AvgIpc) is 2.83. The molecule has 8 heteroatoms. The maximum Gasteiger partial charge on any atom is 0.248 e. The van der Waals surface area contributed by atoms with Crippen LogP contribution in [0.2, 0.25) is 5.15 Å². The first kappa shape index (κ1) is 14.7. The summed E-state index contributed by atoms with van der Waals surface area (Å²) in [7, 11) is 0. The summed E-state index contributed by atoms with van der Waals surface area (Å²) >= 11 is 7.30. The largest absolute Gasteiger partial charge is 0.371 e. The van der Waals surface area contributed by atoms with E-state index < -0.39 is 6.04 Å². The average molecular weight is 312 g/mol. The summed E-state index contributed by atoms with van der Waals surface area (Å²) in [5.74, 6) is -0.177. The van der Waals surface area contributed by atoms with Crippen molar-refractivity contribution in [3.63, 3.8) is 0 Å². The van der Waals surface area contributed by atoms with Gasteiger partial charge in [-0.05, 0) is 25.5 Å². The van der Waals surface area contributed by atoms with Crippen LogP contribution in [0, 0.1) is 6.92 Å². The predicted octanol–water partition coefficient (Wildman–Crippen LogP) is 2.72. The van der Waals surface area contributed by atoms with Crippen molar-refractivity contribution in [1.29, 1.82) is 0 Å². The van der Waals surface area contributed by atoms with Crippen molar-refractivity contribution in [3.8, 4) is 0 Å². The van der Waals surface area contributed by atoms with Gasteiger partial charge in [0.15, 0.2) is 5.15 Å². The number of hydrogen-bond donors (Lipinski definition) is 2. The number of rotatable bonds is 5. The zero-order chi connectivity index (χ0) is 14.5. The highest BCUT2D eigenvalue weighted by molar-refractivity contribution is 7.15. The first-order chi connectivity index (χ1) is 9.60. The number of nitrogens with zero attached hydrogens (tertiary/aromatic N) is 3. The summed E-state index contributed by atoms with van der Waals surface area (Å²) in [6.45, 7) is 3.74. The van der Waals surface area contributed by atoms with Crippen molar-refractivity contribution in [2.24, 2.45) is 0 Å². The molecule has 0 bridgehead atoms. The van der Waals surface area contributed by atoms with Gasteiger partial charge in [0.1, 0.15) is 11.0 Å². The molecule has 1 amide bonds. The second-order valence-electron chi connectivity index (χ2n) is 4.06. The van der Waals surface area contributed by atoms with Crippen LogP contribution in [0.4, 0.5) is 10.8 Å². The third-order valence-electron chi connectivity index (χ3n) is 2.57. The first-order valence-electron chi connectivity index (χ1n) is 6.08. The topological polar surface area (TPSA) is 79.8 Å². The lowest BCUT2D eigenvalue weighted by molar-refractivity contribution is -0.117. The molecule has 0 aliphatic rings. The van der Waals surface area contributed by atoms with Gasteiger partial charge in [0, 0.05) is 6.20 Å². The Bertz CT molecular complexity index is 603. The van der Waals surface area contributed by atoms with E-state index in [1.807, 2.05) is 13.8 Å². The smallest absolute Gasteiger partial charge is 0.248 e. The number of nitrogens with one attached hydrogen (secondary N) is 2. The Morgan fingerprint density at radius 1 is 1.50 bits per heavy atom. The molecule has 0 aliphatic heterocycles. The molecule has 0 aromatic carbocycles. The number of carbonyl (C=O) groups is 1. The summed E-state index contributed by atoms with van der Waals surface area (Å²) in [5.41, 5.74) is 0.629. The summed E-state index contributed by atoms with van der Waals surface area (Å²) in [5, 5.41) is 15.2. The fourth-order valence-corrected chi connectivity index (χ4v) is 2.34. The van der Waals surface area contributed by atoms with Crippen LogP contribution in [0.1, 0.15) is 18.4 Å². The molecule has 20 heavy (non-hydrogen) atoms. The second-order valence-corrected chi connectivity index (χ2v) is 5.60. The Morgan fingerprint density at radius 3 is 2.90 bits per heavy atom. The molecule has 0 saturated carbocycles. The van der Waals surface area contributed by atoms with E-state index in [0.29, 0.717) is 22.4 Å². The van der Waals surface area contributed by atoms with Crippen LogP contribution in [0.15, 0.2) is 18.3 Å². The van der Waals surface area contributed by atoms with Gasteiger partial charge in [0.2, 0.25) is 11.0 Å². The summed E-state index contributed by atoms with van der Waals surface area (Å²) < 4.78 is 0. The van der Waals surface area contributed by atoms with Crippen molar-refractivity contribution in [2.45, 2.75) is 26.3 Å². The molecule has 2 N–H and O–H groups in total. The van der Waals surface area contributed by atoms with E-state index in [1.54, 1.807) is 18.3 Å². The van der Waals surface area contributed by atoms with Crippen molar-refractivity contribution in [2.75, 3.05) is 10.6 Å². The Kier molecular flexibility index (Phi) is 4.86. The van der Waals surface area contributed by atoms with Gasteiger partial charge in [0.05, 0.1) is 5.69 Å². The van der Waals surface area contributed by atoms with Gasteiger partial charge in [-0.25, -0.2) is 4.98 Å². The molecule has 1 unspecified atom stereocenters. The molecule has 1 atom stereocenters. The Hall–Kier alpha value is -1.73. The van der Waals surface area contributed by atoms with Crippen molar-refractivity contribution in [1.82, 2.24) is 15.2 Å². The maximum absolute atomic E-state index is 12.2. The maximum atomic E-state index is 12.2. The molecule has 2 aromatic rings. The van der Waals surface area contributed by atoms with Crippen molar-refractivity contribution < 1.29 is 4.79 Å². The standard InChI is InChI=1S/C12H14ClN5OS/c1-3-8(15-9-5-4-6-14-10(9)13)11(19)16-12-18-17-7(2)20-12/h4-6,8,15H,3H2,1-2H3,(H,16,18,19). The number of aromatic nitrogens is 3. The Balaban J connectivity index is 2.04. The summed E-state index contributed by atoms with van der Waals surface area (Å²) in [6, 6.07) is 3.12. The third-order valence-corrected chi connectivity index (χ3v) is 3.63. The van der Waals surface area contributed by atoms with Gasteiger partial charge in [-0.3, -0.25) is 10.1 Å². The molecule has 0 aliphatic carbocycles. The molecule has 0 spiro atoms. The zero-order valence-corrected chi connectivity index (χ0v) is 12.6. The number of hydrogen-bond acceptors (Lipinski definition) is 6. The van der Waals surface area contributed by atoms with Crippen LogP contribution >= 0.6 is 22.9 Å². The minimum Gasteiger partial charge on any atom is -0.371 e. The molecular weight excluding hydrogens is 298 g/mol. The number of halogens is 1. The number of amides is 1. The number of aryl methyl sites for hydroxylation is 1. The van der Waals surface area contributed by atoms with Crippen LogP contribution in [-0.2, 0) is 4.79 Å². The van der Waals surface area contributed by atoms with Gasteiger partial charge in [-0.2, -0.15) is 0 Å². The zero-order valence-electron chi connectivity index (χ0n) is 11.1. The van der Waals surface area contributed by atoms with E-state index in [0.717, 1.165) is 5.01 Å². The third kappa shape index (κ3) is 3.64. The molecule has 0 saturated heterocycles. The van der Waals surface area contributed by atoms with Gasteiger partial charge in [-0.15, -0.1) is 10.2 Å². The minimum absolute atomic E-state index is 0.177.